The largest absolute Gasteiger partial charge is 0.493 e. The van der Waals surface area contributed by atoms with E-state index in [2.05, 4.69) is 38.2 Å². The van der Waals surface area contributed by atoms with Gasteiger partial charge in [-0.3, -0.25) is 0 Å². The molecule has 0 bridgehead atoms. The first-order valence-electron chi connectivity index (χ1n) is 8.43. The maximum Gasteiger partial charge on any atom is 0.258 e. The Morgan fingerprint density at radius 2 is 2.04 bits per heavy atom. The molecular weight excluding hydrogens is 316 g/mol. The highest BCUT2D eigenvalue weighted by atomic mass is 16.5. The van der Waals surface area contributed by atoms with Gasteiger partial charge in [-0.05, 0) is 37.1 Å². The lowest BCUT2D eigenvalue weighted by atomic mass is 9.74. The fraction of sp³-hybridized carbons (Fsp3) is 0.316. The highest BCUT2D eigenvalue weighted by Crippen LogP contribution is 2.42. The van der Waals surface area contributed by atoms with Crippen molar-refractivity contribution in [1.82, 2.24) is 15.1 Å². The second-order valence-corrected chi connectivity index (χ2v) is 6.98. The van der Waals surface area contributed by atoms with Crippen LogP contribution in [0.15, 0.2) is 47.1 Å². The molecule has 1 aromatic carbocycles. The van der Waals surface area contributed by atoms with E-state index in [1.807, 2.05) is 25.1 Å². The molecule has 0 saturated carbocycles. The first-order chi connectivity index (χ1) is 12.2. The molecule has 2 aliphatic heterocycles. The summed E-state index contributed by atoms with van der Waals surface area (Å²) in [6.07, 6.45) is 2.85. The Balaban J connectivity index is 1.34. The SMILES string of the molecule is Cc1noc(-c2ccnc(N3CC4(COc5ccccc5C4)C3)c2)n1. The lowest BCUT2D eigenvalue weighted by molar-refractivity contribution is 0.0874. The molecule has 2 aliphatic rings. The lowest BCUT2D eigenvalue weighted by Crippen LogP contribution is -2.61. The van der Waals surface area contributed by atoms with Crippen LogP contribution in [0.2, 0.25) is 0 Å². The number of aromatic nitrogens is 3. The van der Waals surface area contributed by atoms with Gasteiger partial charge in [0.1, 0.15) is 11.6 Å². The number of pyridine rings is 1. The molecule has 4 heterocycles. The zero-order chi connectivity index (χ0) is 16.9. The molecule has 25 heavy (non-hydrogen) atoms. The van der Waals surface area contributed by atoms with Gasteiger partial charge < -0.3 is 14.2 Å². The molecule has 1 fully saturated rings. The molecule has 3 aromatic rings. The van der Waals surface area contributed by atoms with E-state index in [-0.39, 0.29) is 5.41 Å². The maximum absolute atomic E-state index is 5.98. The molecule has 126 valence electrons. The van der Waals surface area contributed by atoms with E-state index in [1.165, 1.54) is 5.56 Å². The van der Waals surface area contributed by atoms with Crippen LogP contribution in [0.1, 0.15) is 11.4 Å². The summed E-state index contributed by atoms with van der Waals surface area (Å²) in [5.74, 6) is 3.14. The van der Waals surface area contributed by atoms with Crippen molar-refractivity contribution in [2.75, 3.05) is 24.6 Å². The van der Waals surface area contributed by atoms with Crippen LogP contribution < -0.4 is 9.64 Å². The minimum absolute atomic E-state index is 0.188. The summed E-state index contributed by atoms with van der Waals surface area (Å²) in [7, 11) is 0. The number of ether oxygens (including phenoxy) is 1. The van der Waals surface area contributed by atoms with Gasteiger partial charge in [-0.2, -0.15) is 4.98 Å². The van der Waals surface area contributed by atoms with Crippen molar-refractivity contribution in [3.8, 4) is 17.2 Å². The van der Waals surface area contributed by atoms with Gasteiger partial charge >= 0.3 is 0 Å². The molecule has 0 amide bonds. The van der Waals surface area contributed by atoms with Gasteiger partial charge in [0, 0.05) is 30.3 Å². The van der Waals surface area contributed by atoms with Gasteiger partial charge in [0.15, 0.2) is 5.82 Å². The van der Waals surface area contributed by atoms with Crippen molar-refractivity contribution in [1.29, 1.82) is 0 Å². The first kappa shape index (κ1) is 14.5. The van der Waals surface area contributed by atoms with Crippen LogP contribution in [0.5, 0.6) is 5.75 Å². The molecule has 6 nitrogen and oxygen atoms in total. The van der Waals surface area contributed by atoms with Crippen LogP contribution in [-0.2, 0) is 6.42 Å². The number of nitrogens with zero attached hydrogens (tertiary/aromatic N) is 4. The standard InChI is InChI=1S/C19H18N4O2/c1-13-21-18(25-22-13)14-6-7-20-17(8-14)23-10-19(11-23)9-15-4-2-3-5-16(15)24-12-19/h2-8H,9-12H2,1H3. The molecule has 5 rings (SSSR count). The number of aryl methyl sites for hydroxylation is 1. The molecule has 1 saturated heterocycles. The molecule has 6 heteroatoms. The fourth-order valence-corrected chi connectivity index (χ4v) is 3.74. The number of benzene rings is 1. The minimum atomic E-state index is 0.188. The van der Waals surface area contributed by atoms with Crippen molar-refractivity contribution in [2.24, 2.45) is 5.41 Å². The number of fused-ring (bicyclic) bond motifs is 1. The Morgan fingerprint density at radius 1 is 1.16 bits per heavy atom. The summed E-state index contributed by atoms with van der Waals surface area (Å²) in [6.45, 7) is 4.47. The quantitative estimate of drug-likeness (QED) is 0.718. The summed E-state index contributed by atoms with van der Waals surface area (Å²) in [4.78, 5) is 11.1. The molecule has 0 N–H and O–H groups in total. The minimum Gasteiger partial charge on any atom is -0.493 e. The number of para-hydroxylation sites is 1. The third-order valence-electron chi connectivity index (χ3n) is 4.97. The van der Waals surface area contributed by atoms with Crippen molar-refractivity contribution in [3.63, 3.8) is 0 Å². The number of anilines is 1. The third kappa shape index (κ3) is 2.45. The van der Waals surface area contributed by atoms with Gasteiger partial charge in [-0.25, -0.2) is 4.98 Å². The van der Waals surface area contributed by atoms with Crippen LogP contribution in [0, 0.1) is 12.3 Å². The highest BCUT2D eigenvalue weighted by Gasteiger charge is 2.46. The van der Waals surface area contributed by atoms with Crippen molar-refractivity contribution < 1.29 is 9.26 Å². The summed E-state index contributed by atoms with van der Waals surface area (Å²) >= 11 is 0. The molecule has 0 radical (unpaired) electrons. The number of hydrogen-bond donors (Lipinski definition) is 0. The van der Waals surface area contributed by atoms with Gasteiger partial charge in [0.2, 0.25) is 0 Å². The van der Waals surface area contributed by atoms with E-state index < -0.39 is 0 Å². The summed E-state index contributed by atoms with van der Waals surface area (Å²) in [6, 6.07) is 12.2. The summed E-state index contributed by atoms with van der Waals surface area (Å²) < 4.78 is 11.2. The van der Waals surface area contributed by atoms with E-state index in [9.17, 15) is 0 Å². The predicted molar refractivity (Wildman–Crippen MR) is 92.6 cm³/mol. The third-order valence-corrected chi connectivity index (χ3v) is 4.97. The Labute approximate surface area is 145 Å². The lowest BCUT2D eigenvalue weighted by Gasteiger charge is -2.52. The zero-order valence-electron chi connectivity index (χ0n) is 14.0. The zero-order valence-corrected chi connectivity index (χ0v) is 14.0. The van der Waals surface area contributed by atoms with Gasteiger partial charge in [-0.15, -0.1) is 0 Å². The van der Waals surface area contributed by atoms with Crippen molar-refractivity contribution >= 4 is 5.82 Å². The second-order valence-electron chi connectivity index (χ2n) is 6.98. The maximum atomic E-state index is 5.98. The predicted octanol–water partition coefficient (Wildman–Crippen LogP) is 2.88. The van der Waals surface area contributed by atoms with Crippen LogP contribution in [-0.4, -0.2) is 34.8 Å². The number of hydrogen-bond acceptors (Lipinski definition) is 6. The average Bonchev–Trinajstić information content (AvgIpc) is 3.06. The number of rotatable bonds is 2. The Morgan fingerprint density at radius 3 is 2.88 bits per heavy atom. The monoisotopic (exact) mass is 334 g/mol. The van der Waals surface area contributed by atoms with Crippen LogP contribution in [0.4, 0.5) is 5.82 Å². The van der Waals surface area contributed by atoms with Crippen LogP contribution in [0.25, 0.3) is 11.5 Å². The molecule has 0 aliphatic carbocycles. The molecular formula is C19H18N4O2. The van der Waals surface area contributed by atoms with E-state index in [1.54, 1.807) is 6.20 Å². The van der Waals surface area contributed by atoms with Crippen LogP contribution >= 0.6 is 0 Å². The van der Waals surface area contributed by atoms with E-state index in [0.29, 0.717) is 11.7 Å². The normalized spacial score (nSPS) is 17.7. The smallest absolute Gasteiger partial charge is 0.258 e. The molecule has 1 spiro atoms. The Hall–Kier alpha value is -2.89. The van der Waals surface area contributed by atoms with E-state index in [4.69, 9.17) is 9.26 Å². The molecule has 2 aromatic heterocycles. The van der Waals surface area contributed by atoms with Crippen molar-refractivity contribution in [2.45, 2.75) is 13.3 Å². The van der Waals surface area contributed by atoms with Crippen LogP contribution in [0.3, 0.4) is 0 Å². The highest BCUT2D eigenvalue weighted by molar-refractivity contribution is 5.60. The average molecular weight is 334 g/mol. The molecule has 0 atom stereocenters. The first-order valence-corrected chi connectivity index (χ1v) is 8.43. The fourth-order valence-electron chi connectivity index (χ4n) is 3.74. The van der Waals surface area contributed by atoms with Gasteiger partial charge in [0.05, 0.1) is 6.61 Å². The summed E-state index contributed by atoms with van der Waals surface area (Å²) in [5, 5.41) is 3.85. The van der Waals surface area contributed by atoms with E-state index >= 15 is 0 Å². The Kier molecular flexibility index (Phi) is 3.07. The Bertz CT molecular complexity index is 930. The van der Waals surface area contributed by atoms with Gasteiger partial charge in [0.25, 0.3) is 5.89 Å². The van der Waals surface area contributed by atoms with Crippen molar-refractivity contribution in [3.05, 3.63) is 54.0 Å². The van der Waals surface area contributed by atoms with Gasteiger partial charge in [-0.1, -0.05) is 23.4 Å². The summed E-state index contributed by atoms with van der Waals surface area (Å²) in [5.41, 5.74) is 2.39. The molecule has 0 unspecified atom stereocenters. The second kappa shape index (κ2) is 5.31. The topological polar surface area (TPSA) is 64.3 Å². The van der Waals surface area contributed by atoms with E-state index in [0.717, 1.165) is 43.2 Å².